The molecule has 1 aliphatic rings. The largest absolute Gasteiger partial charge is 0.309 e. The number of nitrogens with one attached hydrogen (secondary N) is 2. The summed E-state index contributed by atoms with van der Waals surface area (Å²) in [5.41, 5.74) is 2.58. The van der Waals surface area contributed by atoms with Gasteiger partial charge in [-0.05, 0) is 49.1 Å². The van der Waals surface area contributed by atoms with Crippen molar-refractivity contribution in [2.45, 2.75) is 52.0 Å². The Morgan fingerprint density at radius 1 is 1.30 bits per heavy atom. The molecule has 4 nitrogen and oxygen atoms in total. The molecule has 0 amide bonds. The Bertz CT molecular complexity index is 992. The highest BCUT2D eigenvalue weighted by molar-refractivity contribution is 7.18. The van der Waals surface area contributed by atoms with Crippen LogP contribution in [0, 0.1) is 5.92 Å². The van der Waals surface area contributed by atoms with Crippen LogP contribution in [0.4, 0.5) is 0 Å². The van der Waals surface area contributed by atoms with Crippen molar-refractivity contribution in [3.63, 3.8) is 0 Å². The number of fused-ring (bicyclic) bond motifs is 3. The van der Waals surface area contributed by atoms with Crippen molar-refractivity contribution >= 4 is 21.6 Å². The van der Waals surface area contributed by atoms with E-state index in [9.17, 15) is 4.79 Å². The van der Waals surface area contributed by atoms with Crippen molar-refractivity contribution in [2.24, 2.45) is 5.92 Å². The molecule has 0 fully saturated rings. The van der Waals surface area contributed by atoms with Gasteiger partial charge in [0.25, 0.3) is 5.56 Å². The SMILES string of the molecule is C[C@H]1CCc2c(sc3nc([C@H](C)NC[C@@H](C)c4ccccc4)[nH]c(=O)c23)C1. The van der Waals surface area contributed by atoms with Gasteiger partial charge in [-0.15, -0.1) is 11.3 Å². The summed E-state index contributed by atoms with van der Waals surface area (Å²) in [6.07, 6.45) is 3.24. The summed E-state index contributed by atoms with van der Waals surface area (Å²) in [6.45, 7) is 7.40. The van der Waals surface area contributed by atoms with E-state index < -0.39 is 0 Å². The Morgan fingerprint density at radius 2 is 2.07 bits per heavy atom. The summed E-state index contributed by atoms with van der Waals surface area (Å²) < 4.78 is 0. The van der Waals surface area contributed by atoms with Crippen LogP contribution in [-0.4, -0.2) is 16.5 Å². The Morgan fingerprint density at radius 3 is 2.85 bits per heavy atom. The number of benzene rings is 1. The van der Waals surface area contributed by atoms with Gasteiger partial charge >= 0.3 is 0 Å². The average molecular weight is 382 g/mol. The molecule has 0 saturated carbocycles. The molecule has 1 aromatic carbocycles. The van der Waals surface area contributed by atoms with Crippen LogP contribution in [0.2, 0.25) is 0 Å². The van der Waals surface area contributed by atoms with E-state index in [0.717, 1.165) is 41.8 Å². The molecule has 1 aliphatic carbocycles. The maximum atomic E-state index is 12.8. The van der Waals surface area contributed by atoms with E-state index in [1.807, 2.05) is 6.07 Å². The molecule has 0 bridgehead atoms. The van der Waals surface area contributed by atoms with E-state index in [0.29, 0.717) is 11.8 Å². The fourth-order valence-electron chi connectivity index (χ4n) is 3.92. The number of nitrogens with zero attached hydrogens (tertiary/aromatic N) is 1. The molecule has 142 valence electrons. The second kappa shape index (κ2) is 7.56. The highest BCUT2D eigenvalue weighted by Gasteiger charge is 2.23. The molecule has 3 aromatic rings. The first kappa shape index (κ1) is 18.4. The van der Waals surface area contributed by atoms with Crippen LogP contribution in [0.15, 0.2) is 35.1 Å². The lowest BCUT2D eigenvalue weighted by molar-refractivity contribution is 0.508. The first-order chi connectivity index (χ1) is 13.0. The third-order valence-corrected chi connectivity index (χ3v) is 6.84. The summed E-state index contributed by atoms with van der Waals surface area (Å²) in [5, 5.41) is 4.36. The maximum Gasteiger partial charge on any atom is 0.259 e. The molecular formula is C22H27N3OS. The molecule has 2 N–H and O–H groups in total. The van der Waals surface area contributed by atoms with Crippen LogP contribution in [0.3, 0.4) is 0 Å². The average Bonchev–Trinajstić information content (AvgIpc) is 3.04. The van der Waals surface area contributed by atoms with E-state index in [2.05, 4.69) is 55.3 Å². The number of rotatable bonds is 5. The number of aryl methyl sites for hydroxylation is 1. The lowest BCUT2D eigenvalue weighted by Gasteiger charge is -2.18. The van der Waals surface area contributed by atoms with Crippen LogP contribution in [0.25, 0.3) is 10.2 Å². The third-order valence-electron chi connectivity index (χ3n) is 5.69. The van der Waals surface area contributed by atoms with Crippen molar-refractivity contribution in [1.82, 2.24) is 15.3 Å². The predicted octanol–water partition coefficient (Wildman–Crippen LogP) is 4.56. The molecule has 0 spiro atoms. The predicted molar refractivity (Wildman–Crippen MR) is 113 cm³/mol. The van der Waals surface area contributed by atoms with E-state index in [1.165, 1.54) is 16.0 Å². The molecule has 5 heteroatoms. The van der Waals surface area contributed by atoms with Crippen molar-refractivity contribution in [2.75, 3.05) is 6.54 Å². The quantitative estimate of drug-likeness (QED) is 0.681. The highest BCUT2D eigenvalue weighted by atomic mass is 32.1. The standard InChI is InChI=1S/C22H27N3OS/c1-13-9-10-17-18(11-13)27-22-19(17)21(26)24-20(25-22)15(3)23-12-14(2)16-7-5-4-6-8-16/h4-8,13-15,23H,9-12H2,1-3H3,(H,24,25,26)/t13-,14+,15-/m0/s1. The number of aromatic nitrogens is 2. The van der Waals surface area contributed by atoms with Crippen LogP contribution < -0.4 is 10.9 Å². The molecule has 0 unspecified atom stereocenters. The third kappa shape index (κ3) is 3.71. The number of thiophene rings is 1. The number of hydrogen-bond donors (Lipinski definition) is 2. The molecule has 0 saturated heterocycles. The molecule has 3 atom stereocenters. The Hall–Kier alpha value is -1.98. The fraction of sp³-hybridized carbons (Fsp3) is 0.455. The lowest BCUT2D eigenvalue weighted by atomic mass is 9.89. The maximum absolute atomic E-state index is 12.8. The minimum absolute atomic E-state index is 0.00585. The van der Waals surface area contributed by atoms with Gasteiger partial charge in [-0.25, -0.2) is 4.98 Å². The summed E-state index contributed by atoms with van der Waals surface area (Å²) in [6, 6.07) is 10.5. The van der Waals surface area contributed by atoms with E-state index in [1.54, 1.807) is 11.3 Å². The van der Waals surface area contributed by atoms with Crippen molar-refractivity contribution in [3.8, 4) is 0 Å². The highest BCUT2D eigenvalue weighted by Crippen LogP contribution is 2.35. The van der Waals surface area contributed by atoms with E-state index in [-0.39, 0.29) is 11.6 Å². The molecule has 0 aliphatic heterocycles. The molecule has 4 rings (SSSR count). The first-order valence-electron chi connectivity index (χ1n) is 9.85. The Balaban J connectivity index is 1.54. The van der Waals surface area contributed by atoms with Gasteiger partial charge in [0.05, 0.1) is 11.4 Å². The molecule has 27 heavy (non-hydrogen) atoms. The second-order valence-electron chi connectivity index (χ2n) is 7.92. The van der Waals surface area contributed by atoms with Gasteiger partial charge in [-0.2, -0.15) is 0 Å². The Labute approximate surface area is 164 Å². The van der Waals surface area contributed by atoms with Gasteiger partial charge in [-0.3, -0.25) is 4.79 Å². The van der Waals surface area contributed by atoms with Crippen molar-refractivity contribution in [3.05, 3.63) is 62.5 Å². The zero-order chi connectivity index (χ0) is 19.0. The molecule has 2 heterocycles. The summed E-state index contributed by atoms with van der Waals surface area (Å²) in [4.78, 5) is 22.9. The Kier molecular flexibility index (Phi) is 5.15. The minimum atomic E-state index is 0.00585. The van der Waals surface area contributed by atoms with Gasteiger partial charge in [0.1, 0.15) is 10.7 Å². The number of aromatic amines is 1. The zero-order valence-electron chi connectivity index (χ0n) is 16.2. The van der Waals surface area contributed by atoms with Crippen LogP contribution in [0.5, 0.6) is 0 Å². The first-order valence-corrected chi connectivity index (χ1v) is 10.7. The molecule has 0 radical (unpaired) electrons. The topological polar surface area (TPSA) is 57.8 Å². The summed E-state index contributed by atoms with van der Waals surface area (Å²) in [5.74, 6) is 1.84. The minimum Gasteiger partial charge on any atom is -0.309 e. The van der Waals surface area contributed by atoms with Gasteiger partial charge in [-0.1, -0.05) is 44.2 Å². The lowest BCUT2D eigenvalue weighted by Crippen LogP contribution is -2.27. The number of hydrogen-bond acceptors (Lipinski definition) is 4. The van der Waals surface area contributed by atoms with E-state index in [4.69, 9.17) is 4.98 Å². The normalized spacial score (nSPS) is 19.0. The smallest absolute Gasteiger partial charge is 0.259 e. The molecular weight excluding hydrogens is 354 g/mol. The number of H-pyrrole nitrogens is 1. The fourth-order valence-corrected chi connectivity index (χ4v) is 5.31. The van der Waals surface area contributed by atoms with E-state index >= 15 is 0 Å². The van der Waals surface area contributed by atoms with Gasteiger partial charge in [0, 0.05) is 11.4 Å². The molecule has 2 aromatic heterocycles. The van der Waals surface area contributed by atoms with Crippen LogP contribution >= 0.6 is 11.3 Å². The summed E-state index contributed by atoms with van der Waals surface area (Å²) in [7, 11) is 0. The second-order valence-corrected chi connectivity index (χ2v) is 9.01. The van der Waals surface area contributed by atoms with Gasteiger partial charge in [0.15, 0.2) is 0 Å². The monoisotopic (exact) mass is 381 g/mol. The van der Waals surface area contributed by atoms with Crippen molar-refractivity contribution < 1.29 is 0 Å². The van der Waals surface area contributed by atoms with Crippen molar-refractivity contribution in [1.29, 1.82) is 0 Å². The van der Waals surface area contributed by atoms with Gasteiger partial charge in [0.2, 0.25) is 0 Å². The van der Waals surface area contributed by atoms with Crippen LogP contribution in [0.1, 0.15) is 61.0 Å². The van der Waals surface area contributed by atoms with Gasteiger partial charge < -0.3 is 10.3 Å². The van der Waals surface area contributed by atoms with Crippen LogP contribution in [-0.2, 0) is 12.8 Å². The zero-order valence-corrected chi connectivity index (χ0v) is 17.0. The summed E-state index contributed by atoms with van der Waals surface area (Å²) >= 11 is 1.71.